The molecule has 2 N–H and O–H groups in total. The standard InChI is InChI=1S/C23H26N4O3S2/c1-3-30-22(28)20-18-9-4-5-10-19(18)32-21(20)26-23(31)25-16-12-24-27(14-16)13-15-7-6-8-17(11-15)29-2/h6-8,11-12,14H,3-5,9-10,13H2,1-2H3,(H2,25,26,31). The zero-order valence-electron chi connectivity index (χ0n) is 18.1. The van der Waals surface area contributed by atoms with Crippen molar-refractivity contribution in [1.29, 1.82) is 0 Å². The van der Waals surface area contributed by atoms with Gasteiger partial charge in [0.25, 0.3) is 0 Å². The second kappa shape index (κ2) is 10.1. The van der Waals surface area contributed by atoms with Gasteiger partial charge in [0.05, 0.1) is 37.7 Å². The van der Waals surface area contributed by atoms with Crippen LogP contribution in [0.4, 0.5) is 10.7 Å². The van der Waals surface area contributed by atoms with Crippen LogP contribution >= 0.6 is 23.6 Å². The maximum Gasteiger partial charge on any atom is 0.341 e. The van der Waals surface area contributed by atoms with Gasteiger partial charge in [-0.15, -0.1) is 11.3 Å². The van der Waals surface area contributed by atoms with E-state index in [2.05, 4.69) is 15.7 Å². The lowest BCUT2D eigenvalue weighted by atomic mass is 9.95. The lowest BCUT2D eigenvalue weighted by Gasteiger charge is -2.13. The fourth-order valence-corrected chi connectivity index (χ4v) is 5.38. The second-order valence-electron chi connectivity index (χ2n) is 7.49. The van der Waals surface area contributed by atoms with Crippen molar-refractivity contribution in [1.82, 2.24) is 9.78 Å². The van der Waals surface area contributed by atoms with E-state index >= 15 is 0 Å². The van der Waals surface area contributed by atoms with E-state index in [-0.39, 0.29) is 5.97 Å². The number of fused-ring (bicyclic) bond motifs is 1. The van der Waals surface area contributed by atoms with Crippen LogP contribution in [0.3, 0.4) is 0 Å². The Labute approximate surface area is 196 Å². The van der Waals surface area contributed by atoms with E-state index in [0.717, 1.165) is 53.2 Å². The number of methoxy groups -OCH3 is 1. The van der Waals surface area contributed by atoms with Crippen LogP contribution in [-0.2, 0) is 24.1 Å². The number of ether oxygens (including phenoxy) is 2. The fourth-order valence-electron chi connectivity index (χ4n) is 3.81. The molecule has 1 aromatic carbocycles. The summed E-state index contributed by atoms with van der Waals surface area (Å²) in [7, 11) is 1.65. The van der Waals surface area contributed by atoms with Gasteiger partial charge in [0.1, 0.15) is 10.8 Å². The number of thiophene rings is 1. The summed E-state index contributed by atoms with van der Waals surface area (Å²) in [6.45, 7) is 2.78. The van der Waals surface area contributed by atoms with E-state index in [9.17, 15) is 4.79 Å². The van der Waals surface area contributed by atoms with Crippen molar-refractivity contribution in [2.24, 2.45) is 0 Å². The first-order valence-electron chi connectivity index (χ1n) is 10.6. The number of benzene rings is 1. The highest BCUT2D eigenvalue weighted by Gasteiger charge is 2.26. The lowest BCUT2D eigenvalue weighted by molar-refractivity contribution is 0.0526. The molecule has 0 radical (unpaired) electrons. The molecular formula is C23H26N4O3S2. The van der Waals surface area contributed by atoms with Crippen LogP contribution in [0.25, 0.3) is 0 Å². The number of anilines is 2. The van der Waals surface area contributed by atoms with E-state index in [1.807, 2.05) is 42.1 Å². The van der Waals surface area contributed by atoms with Crippen LogP contribution in [0.5, 0.6) is 5.75 Å². The monoisotopic (exact) mass is 470 g/mol. The largest absolute Gasteiger partial charge is 0.497 e. The third-order valence-corrected chi connectivity index (χ3v) is 6.66. The molecule has 7 nitrogen and oxygen atoms in total. The number of esters is 1. The van der Waals surface area contributed by atoms with Crippen LogP contribution in [0.1, 0.15) is 46.1 Å². The summed E-state index contributed by atoms with van der Waals surface area (Å²) < 4.78 is 12.4. The Kier molecular flexibility index (Phi) is 7.06. The van der Waals surface area contributed by atoms with Crippen molar-refractivity contribution in [3.63, 3.8) is 0 Å². The maximum absolute atomic E-state index is 12.6. The Balaban J connectivity index is 1.44. The molecule has 0 fully saturated rings. The molecule has 2 heterocycles. The number of rotatable bonds is 7. The van der Waals surface area contributed by atoms with Gasteiger partial charge in [0.15, 0.2) is 5.11 Å². The third kappa shape index (κ3) is 5.11. The minimum atomic E-state index is -0.289. The van der Waals surface area contributed by atoms with Crippen LogP contribution in [0.2, 0.25) is 0 Å². The number of thiocarbonyl (C=S) groups is 1. The molecule has 0 aliphatic heterocycles. The van der Waals surface area contributed by atoms with Gasteiger partial charge in [0.2, 0.25) is 0 Å². The highest BCUT2D eigenvalue weighted by atomic mass is 32.1. The molecule has 0 spiro atoms. The minimum absolute atomic E-state index is 0.289. The fraction of sp³-hybridized carbons (Fsp3) is 0.348. The van der Waals surface area contributed by atoms with Crippen molar-refractivity contribution >= 4 is 45.3 Å². The van der Waals surface area contributed by atoms with Gasteiger partial charge in [-0.25, -0.2) is 4.79 Å². The second-order valence-corrected chi connectivity index (χ2v) is 9.01. The Bertz CT molecular complexity index is 1120. The molecule has 9 heteroatoms. The van der Waals surface area contributed by atoms with Gasteiger partial charge >= 0.3 is 5.97 Å². The van der Waals surface area contributed by atoms with Gasteiger partial charge < -0.3 is 20.1 Å². The van der Waals surface area contributed by atoms with Gasteiger partial charge in [-0.05, 0) is 68.1 Å². The van der Waals surface area contributed by atoms with Gasteiger partial charge in [0, 0.05) is 11.1 Å². The predicted molar refractivity (Wildman–Crippen MR) is 131 cm³/mol. The predicted octanol–water partition coefficient (Wildman–Crippen LogP) is 4.87. The summed E-state index contributed by atoms with van der Waals surface area (Å²) in [5.41, 5.74) is 3.59. The molecule has 168 valence electrons. The quantitative estimate of drug-likeness (QED) is 0.377. The molecule has 1 aliphatic rings. The topological polar surface area (TPSA) is 77.4 Å². The summed E-state index contributed by atoms with van der Waals surface area (Å²) in [4.78, 5) is 13.9. The lowest BCUT2D eigenvalue weighted by Crippen LogP contribution is -2.20. The molecule has 4 rings (SSSR count). The summed E-state index contributed by atoms with van der Waals surface area (Å²) in [5, 5.41) is 11.9. The van der Waals surface area contributed by atoms with Gasteiger partial charge in [-0.2, -0.15) is 5.10 Å². The Hall–Kier alpha value is -2.91. The zero-order chi connectivity index (χ0) is 22.5. The van der Waals surface area contributed by atoms with Crippen molar-refractivity contribution in [2.45, 2.75) is 39.2 Å². The number of hydrogen-bond acceptors (Lipinski definition) is 6. The summed E-state index contributed by atoms with van der Waals surface area (Å²) >= 11 is 7.11. The number of nitrogens with one attached hydrogen (secondary N) is 2. The Morgan fingerprint density at radius 2 is 2.12 bits per heavy atom. The average molecular weight is 471 g/mol. The van der Waals surface area contributed by atoms with E-state index < -0.39 is 0 Å². The molecular weight excluding hydrogens is 444 g/mol. The summed E-state index contributed by atoms with van der Waals surface area (Å²) in [6, 6.07) is 7.88. The Morgan fingerprint density at radius 1 is 1.28 bits per heavy atom. The number of hydrogen-bond donors (Lipinski definition) is 2. The highest BCUT2D eigenvalue weighted by Crippen LogP contribution is 2.38. The number of carbonyl (C=O) groups excluding carboxylic acids is 1. The molecule has 0 unspecified atom stereocenters. The van der Waals surface area contributed by atoms with Crippen LogP contribution in [0.15, 0.2) is 36.7 Å². The van der Waals surface area contributed by atoms with E-state index in [0.29, 0.717) is 23.8 Å². The van der Waals surface area contributed by atoms with Crippen LogP contribution in [0, 0.1) is 0 Å². The SMILES string of the molecule is CCOC(=O)c1c(NC(=S)Nc2cnn(Cc3cccc(OC)c3)c2)sc2c1CCCC2. The molecule has 0 saturated carbocycles. The smallest absolute Gasteiger partial charge is 0.341 e. The maximum atomic E-state index is 12.6. The third-order valence-electron chi connectivity index (χ3n) is 5.25. The first kappa shape index (κ1) is 22.3. The van der Waals surface area contributed by atoms with Crippen LogP contribution in [-0.4, -0.2) is 34.6 Å². The summed E-state index contributed by atoms with van der Waals surface area (Å²) in [6.07, 6.45) is 7.73. The molecule has 0 bridgehead atoms. The van der Waals surface area contributed by atoms with E-state index in [1.165, 1.54) is 4.88 Å². The van der Waals surface area contributed by atoms with Crippen LogP contribution < -0.4 is 15.4 Å². The molecule has 0 amide bonds. The number of aryl methyl sites for hydroxylation is 1. The van der Waals surface area contributed by atoms with E-state index in [1.54, 1.807) is 24.6 Å². The van der Waals surface area contributed by atoms with Crippen molar-refractivity contribution in [3.8, 4) is 5.75 Å². The number of nitrogens with zero attached hydrogens (tertiary/aromatic N) is 2. The van der Waals surface area contributed by atoms with Crippen molar-refractivity contribution < 1.29 is 14.3 Å². The van der Waals surface area contributed by atoms with E-state index in [4.69, 9.17) is 21.7 Å². The number of aromatic nitrogens is 2. The normalized spacial score (nSPS) is 12.7. The molecule has 32 heavy (non-hydrogen) atoms. The van der Waals surface area contributed by atoms with Gasteiger partial charge in [-0.1, -0.05) is 12.1 Å². The Morgan fingerprint density at radius 3 is 2.94 bits per heavy atom. The molecule has 0 atom stereocenters. The molecule has 0 saturated heterocycles. The molecule has 3 aromatic rings. The molecule has 1 aliphatic carbocycles. The first-order valence-corrected chi connectivity index (χ1v) is 11.8. The van der Waals surface area contributed by atoms with Gasteiger partial charge in [-0.3, -0.25) is 4.68 Å². The van der Waals surface area contributed by atoms with Crippen molar-refractivity contribution in [3.05, 3.63) is 58.2 Å². The number of carbonyl (C=O) groups is 1. The average Bonchev–Trinajstić information content (AvgIpc) is 3.37. The highest BCUT2D eigenvalue weighted by molar-refractivity contribution is 7.80. The first-order chi connectivity index (χ1) is 15.6. The summed E-state index contributed by atoms with van der Waals surface area (Å²) in [5.74, 6) is 0.526. The van der Waals surface area contributed by atoms with Crippen molar-refractivity contribution in [2.75, 3.05) is 24.4 Å². The molecule has 2 aromatic heterocycles. The minimum Gasteiger partial charge on any atom is -0.497 e. The zero-order valence-corrected chi connectivity index (χ0v) is 19.8.